The van der Waals surface area contributed by atoms with Crippen molar-refractivity contribution in [3.63, 3.8) is 0 Å². The summed E-state index contributed by atoms with van der Waals surface area (Å²) < 4.78 is 6.32. The van der Waals surface area contributed by atoms with Crippen molar-refractivity contribution >= 4 is 15.9 Å². The van der Waals surface area contributed by atoms with Gasteiger partial charge in [0.1, 0.15) is 5.75 Å². The van der Waals surface area contributed by atoms with Gasteiger partial charge in [0.25, 0.3) is 0 Å². The van der Waals surface area contributed by atoms with Crippen molar-refractivity contribution in [3.05, 3.63) is 28.2 Å². The maximum absolute atomic E-state index is 5.29. The predicted octanol–water partition coefficient (Wildman–Crippen LogP) is 4.66. The minimum absolute atomic E-state index is 0.174. The molecular formula is C17H28BrNO. The van der Waals surface area contributed by atoms with Crippen LogP contribution >= 0.6 is 15.9 Å². The van der Waals surface area contributed by atoms with Gasteiger partial charge in [-0.1, -0.05) is 19.9 Å². The number of rotatable bonds is 6. The van der Waals surface area contributed by atoms with Crippen molar-refractivity contribution in [2.45, 2.75) is 46.6 Å². The van der Waals surface area contributed by atoms with Gasteiger partial charge < -0.3 is 10.1 Å². The first-order valence-electron chi connectivity index (χ1n) is 7.30. The Bertz CT molecular complexity index is 423. The number of methoxy groups -OCH3 is 1. The molecule has 1 atom stereocenters. The van der Waals surface area contributed by atoms with Crippen molar-refractivity contribution in [2.24, 2.45) is 11.8 Å². The molecule has 0 aliphatic carbocycles. The number of hydrogen-bond donors (Lipinski definition) is 1. The third-order valence-electron chi connectivity index (χ3n) is 3.55. The quantitative estimate of drug-likeness (QED) is 0.812. The van der Waals surface area contributed by atoms with E-state index in [9.17, 15) is 0 Å². The van der Waals surface area contributed by atoms with Crippen LogP contribution in [0.1, 0.15) is 40.2 Å². The van der Waals surface area contributed by atoms with Crippen LogP contribution in [-0.2, 0) is 6.42 Å². The third kappa shape index (κ3) is 5.84. The molecule has 0 fully saturated rings. The number of ether oxygens (including phenoxy) is 1. The average Bonchev–Trinajstić information content (AvgIpc) is 2.33. The second-order valence-corrected chi connectivity index (χ2v) is 7.66. The molecule has 0 saturated carbocycles. The van der Waals surface area contributed by atoms with E-state index >= 15 is 0 Å². The van der Waals surface area contributed by atoms with Crippen LogP contribution in [-0.4, -0.2) is 19.2 Å². The van der Waals surface area contributed by atoms with Gasteiger partial charge in [-0.3, -0.25) is 0 Å². The maximum Gasteiger partial charge on any atom is 0.133 e. The van der Waals surface area contributed by atoms with Gasteiger partial charge in [0.05, 0.1) is 11.6 Å². The van der Waals surface area contributed by atoms with Crippen molar-refractivity contribution in [1.29, 1.82) is 0 Å². The Balaban J connectivity index is 2.73. The molecule has 0 saturated heterocycles. The predicted molar refractivity (Wildman–Crippen MR) is 90.5 cm³/mol. The first-order chi connectivity index (χ1) is 9.23. The van der Waals surface area contributed by atoms with Crippen molar-refractivity contribution in [1.82, 2.24) is 5.32 Å². The molecule has 1 aromatic carbocycles. The van der Waals surface area contributed by atoms with Gasteiger partial charge >= 0.3 is 0 Å². The van der Waals surface area contributed by atoms with Gasteiger partial charge in [0, 0.05) is 5.54 Å². The summed E-state index contributed by atoms with van der Waals surface area (Å²) in [6.45, 7) is 12.3. The van der Waals surface area contributed by atoms with Crippen LogP contribution in [0, 0.1) is 11.8 Å². The highest BCUT2D eigenvalue weighted by Gasteiger charge is 2.18. The molecule has 1 N–H and O–H groups in total. The second kappa shape index (κ2) is 7.46. The topological polar surface area (TPSA) is 21.3 Å². The van der Waals surface area contributed by atoms with Gasteiger partial charge in [0.2, 0.25) is 0 Å². The molecule has 20 heavy (non-hydrogen) atoms. The first-order valence-corrected chi connectivity index (χ1v) is 8.09. The standard InChI is InChI=1S/C17H28BrNO/c1-12(2)14(11-19-17(3,4)5)9-13-7-8-16(20-6)15(18)10-13/h7-8,10,12,14,19H,9,11H2,1-6H3. The highest BCUT2D eigenvalue weighted by molar-refractivity contribution is 9.10. The van der Waals surface area contributed by atoms with Crippen molar-refractivity contribution in [3.8, 4) is 5.75 Å². The summed E-state index contributed by atoms with van der Waals surface area (Å²) in [5, 5.41) is 3.62. The lowest BCUT2D eigenvalue weighted by atomic mass is 9.88. The molecular weight excluding hydrogens is 314 g/mol. The highest BCUT2D eigenvalue weighted by Crippen LogP contribution is 2.27. The maximum atomic E-state index is 5.29. The molecule has 0 radical (unpaired) electrons. The SMILES string of the molecule is COc1ccc(CC(CNC(C)(C)C)C(C)C)cc1Br. The molecule has 1 unspecified atom stereocenters. The molecule has 0 amide bonds. The van der Waals surface area contributed by atoms with Gasteiger partial charge in [-0.25, -0.2) is 0 Å². The molecule has 0 aliphatic rings. The zero-order chi connectivity index (χ0) is 15.3. The number of hydrogen-bond acceptors (Lipinski definition) is 2. The van der Waals surface area contributed by atoms with E-state index in [1.165, 1.54) is 5.56 Å². The summed E-state index contributed by atoms with van der Waals surface area (Å²) in [4.78, 5) is 0. The fraction of sp³-hybridized carbons (Fsp3) is 0.647. The molecule has 0 spiro atoms. The first kappa shape index (κ1) is 17.5. The van der Waals surface area contributed by atoms with Crippen LogP contribution in [0.2, 0.25) is 0 Å². The van der Waals surface area contributed by atoms with E-state index in [-0.39, 0.29) is 5.54 Å². The van der Waals surface area contributed by atoms with E-state index in [1.54, 1.807) is 7.11 Å². The van der Waals surface area contributed by atoms with Crippen LogP contribution < -0.4 is 10.1 Å². The van der Waals surface area contributed by atoms with Crippen LogP contribution in [0.4, 0.5) is 0 Å². The summed E-state index contributed by atoms with van der Waals surface area (Å²) in [5.74, 6) is 2.18. The smallest absolute Gasteiger partial charge is 0.133 e. The van der Waals surface area contributed by atoms with E-state index < -0.39 is 0 Å². The van der Waals surface area contributed by atoms with Crippen molar-refractivity contribution in [2.75, 3.05) is 13.7 Å². The van der Waals surface area contributed by atoms with Gasteiger partial charge in [0.15, 0.2) is 0 Å². The van der Waals surface area contributed by atoms with E-state index in [4.69, 9.17) is 4.74 Å². The molecule has 1 aromatic rings. The monoisotopic (exact) mass is 341 g/mol. The number of benzene rings is 1. The number of nitrogens with one attached hydrogen (secondary N) is 1. The summed E-state index contributed by atoms with van der Waals surface area (Å²) in [7, 11) is 1.70. The number of halogens is 1. The fourth-order valence-electron chi connectivity index (χ4n) is 2.12. The summed E-state index contributed by atoms with van der Waals surface area (Å²) >= 11 is 3.56. The van der Waals surface area contributed by atoms with Gasteiger partial charge in [-0.2, -0.15) is 0 Å². The molecule has 0 aromatic heterocycles. The van der Waals surface area contributed by atoms with E-state index in [0.29, 0.717) is 11.8 Å². The van der Waals surface area contributed by atoms with E-state index in [2.05, 4.69) is 68.0 Å². The fourth-order valence-corrected chi connectivity index (χ4v) is 2.71. The van der Waals surface area contributed by atoms with Crippen LogP contribution in [0.5, 0.6) is 5.75 Å². The Labute approximate surface area is 132 Å². The van der Waals surface area contributed by atoms with Gasteiger partial charge in [-0.05, 0) is 79.2 Å². The zero-order valence-corrected chi connectivity index (χ0v) is 15.2. The van der Waals surface area contributed by atoms with Crippen LogP contribution in [0.15, 0.2) is 22.7 Å². The minimum atomic E-state index is 0.174. The molecule has 3 heteroatoms. The second-order valence-electron chi connectivity index (χ2n) is 6.81. The zero-order valence-electron chi connectivity index (χ0n) is 13.6. The molecule has 2 nitrogen and oxygen atoms in total. The van der Waals surface area contributed by atoms with Crippen LogP contribution in [0.3, 0.4) is 0 Å². The lowest BCUT2D eigenvalue weighted by molar-refractivity contribution is 0.312. The minimum Gasteiger partial charge on any atom is -0.496 e. The Kier molecular flexibility index (Phi) is 6.53. The Morgan fingerprint density at radius 1 is 1.25 bits per heavy atom. The molecule has 114 valence electrons. The average molecular weight is 342 g/mol. The van der Waals surface area contributed by atoms with E-state index in [1.807, 2.05) is 6.07 Å². The molecule has 0 heterocycles. The lowest BCUT2D eigenvalue weighted by Gasteiger charge is -2.27. The Hall–Kier alpha value is -0.540. The highest BCUT2D eigenvalue weighted by atomic mass is 79.9. The molecule has 0 bridgehead atoms. The van der Waals surface area contributed by atoms with E-state index in [0.717, 1.165) is 23.2 Å². The Morgan fingerprint density at radius 3 is 2.35 bits per heavy atom. The lowest BCUT2D eigenvalue weighted by Crippen LogP contribution is -2.40. The van der Waals surface area contributed by atoms with Gasteiger partial charge in [-0.15, -0.1) is 0 Å². The summed E-state index contributed by atoms with van der Waals surface area (Å²) in [6, 6.07) is 6.37. The summed E-state index contributed by atoms with van der Waals surface area (Å²) in [6.07, 6.45) is 1.09. The van der Waals surface area contributed by atoms with Crippen LogP contribution in [0.25, 0.3) is 0 Å². The largest absolute Gasteiger partial charge is 0.496 e. The van der Waals surface area contributed by atoms with Crippen molar-refractivity contribution < 1.29 is 4.74 Å². The molecule has 0 aliphatic heterocycles. The normalized spacial score (nSPS) is 13.6. The third-order valence-corrected chi connectivity index (χ3v) is 4.17. The Morgan fingerprint density at radius 2 is 1.90 bits per heavy atom. The summed E-state index contributed by atoms with van der Waals surface area (Å²) in [5.41, 5.74) is 1.53. The molecule has 1 rings (SSSR count).